The van der Waals surface area contributed by atoms with Crippen molar-refractivity contribution in [1.82, 2.24) is 0 Å². The lowest BCUT2D eigenvalue weighted by atomic mass is 10.0. The molecule has 0 N–H and O–H groups in total. The first-order valence-electron chi connectivity index (χ1n) is 9.38. The predicted octanol–water partition coefficient (Wildman–Crippen LogP) is 7.00. The van der Waals surface area contributed by atoms with E-state index < -0.39 is 7.92 Å². The summed E-state index contributed by atoms with van der Waals surface area (Å²) in [5, 5.41) is 0. The second-order valence-electron chi connectivity index (χ2n) is 6.83. The summed E-state index contributed by atoms with van der Waals surface area (Å²) in [5.41, 5.74) is 5.07. The minimum Gasteiger partial charge on any atom is -0.289 e. The molecular weight excluding hydrogens is 299 g/mol. The lowest BCUT2D eigenvalue weighted by Gasteiger charge is -2.19. The van der Waals surface area contributed by atoms with E-state index in [1.54, 1.807) is 0 Å². The van der Waals surface area contributed by atoms with Crippen LogP contribution in [-0.2, 0) is 0 Å². The molecule has 130 valence electrons. The van der Waals surface area contributed by atoms with Crippen LogP contribution in [0, 0.1) is 20.8 Å². The summed E-state index contributed by atoms with van der Waals surface area (Å²) in [4.78, 5) is 13.2. The van der Waals surface area contributed by atoms with Gasteiger partial charge in [0.05, 0.1) is 0 Å². The third kappa shape index (κ3) is 6.76. The Bertz CT molecular complexity index is 470. The molecule has 0 aromatic heterocycles. The Hall–Kier alpha value is -0.680. The van der Waals surface area contributed by atoms with Crippen molar-refractivity contribution in [3.05, 3.63) is 34.4 Å². The molecule has 1 unspecified atom stereocenters. The molecule has 2 heteroatoms. The van der Waals surface area contributed by atoms with E-state index in [0.29, 0.717) is 5.52 Å². The highest BCUT2D eigenvalue weighted by atomic mass is 31.1. The van der Waals surface area contributed by atoms with Gasteiger partial charge in [-0.1, -0.05) is 63.6 Å². The second kappa shape index (κ2) is 11.0. The zero-order valence-corrected chi connectivity index (χ0v) is 16.8. The molecule has 0 bridgehead atoms. The molecule has 0 aliphatic carbocycles. The van der Waals surface area contributed by atoms with Gasteiger partial charge in [-0.2, -0.15) is 0 Å². The molecule has 1 aromatic rings. The Morgan fingerprint density at radius 2 is 1.35 bits per heavy atom. The van der Waals surface area contributed by atoms with Crippen LogP contribution < -0.4 is 0 Å². The van der Waals surface area contributed by atoms with Crippen LogP contribution >= 0.6 is 7.92 Å². The Kier molecular flexibility index (Phi) is 9.72. The van der Waals surface area contributed by atoms with E-state index in [4.69, 9.17) is 0 Å². The Morgan fingerprint density at radius 1 is 0.826 bits per heavy atom. The average molecular weight is 334 g/mol. The van der Waals surface area contributed by atoms with Crippen LogP contribution in [0.1, 0.15) is 85.8 Å². The molecule has 1 rings (SSSR count). The third-order valence-electron chi connectivity index (χ3n) is 4.49. The first kappa shape index (κ1) is 20.4. The van der Waals surface area contributed by atoms with Crippen molar-refractivity contribution in [3.63, 3.8) is 0 Å². The fourth-order valence-corrected chi connectivity index (χ4v) is 5.85. The topological polar surface area (TPSA) is 17.1 Å². The first-order valence-corrected chi connectivity index (χ1v) is 11.1. The highest BCUT2D eigenvalue weighted by Crippen LogP contribution is 2.43. The molecule has 0 fully saturated rings. The number of unbranched alkanes of at least 4 members (excludes halogenated alkanes) is 5. The first-order chi connectivity index (χ1) is 11.0. The van der Waals surface area contributed by atoms with Gasteiger partial charge in [0.2, 0.25) is 0 Å². The van der Waals surface area contributed by atoms with Crippen LogP contribution in [0.2, 0.25) is 0 Å². The van der Waals surface area contributed by atoms with Gasteiger partial charge in [-0.3, -0.25) is 4.79 Å². The molecule has 0 spiro atoms. The zero-order chi connectivity index (χ0) is 17.2. The number of carbonyl (C=O) groups excluding carboxylic acids is 1. The summed E-state index contributed by atoms with van der Waals surface area (Å²) in [6, 6.07) is 4.32. The number of hydrogen-bond acceptors (Lipinski definition) is 1. The molecule has 23 heavy (non-hydrogen) atoms. The number of aryl methyl sites for hydroxylation is 3. The van der Waals surface area contributed by atoms with E-state index in [-0.39, 0.29) is 0 Å². The van der Waals surface area contributed by atoms with Gasteiger partial charge in [0.1, 0.15) is 0 Å². The van der Waals surface area contributed by atoms with Crippen LogP contribution in [0.15, 0.2) is 12.1 Å². The summed E-state index contributed by atoms with van der Waals surface area (Å²) >= 11 is 0. The Balaban J connectivity index is 2.79. The predicted molar refractivity (Wildman–Crippen MR) is 105 cm³/mol. The lowest BCUT2D eigenvalue weighted by Crippen LogP contribution is -2.08. The van der Waals surface area contributed by atoms with Crippen molar-refractivity contribution in [2.75, 3.05) is 12.3 Å². The molecule has 1 atom stereocenters. The van der Waals surface area contributed by atoms with Gasteiger partial charge in [-0.15, -0.1) is 0 Å². The van der Waals surface area contributed by atoms with E-state index >= 15 is 0 Å². The minimum atomic E-state index is -0.506. The van der Waals surface area contributed by atoms with Gasteiger partial charge in [-0.25, -0.2) is 0 Å². The summed E-state index contributed by atoms with van der Waals surface area (Å²) < 4.78 is 0. The van der Waals surface area contributed by atoms with Gasteiger partial charge >= 0.3 is 0 Å². The molecule has 1 nitrogen and oxygen atoms in total. The highest BCUT2D eigenvalue weighted by Gasteiger charge is 2.22. The SMILES string of the molecule is CCCCCCCP(CCCC)C(=O)c1c(C)cc(C)cc1C. The Morgan fingerprint density at radius 3 is 1.91 bits per heavy atom. The summed E-state index contributed by atoms with van der Waals surface area (Å²) in [5.74, 6) is 0. The number of hydrogen-bond donors (Lipinski definition) is 0. The lowest BCUT2D eigenvalue weighted by molar-refractivity contribution is 0.108. The normalized spacial score (nSPS) is 12.4. The standard InChI is InChI=1S/C21H35OP/c1-6-8-10-11-12-14-23(13-9-7-2)21(22)20-18(4)15-17(3)16-19(20)5/h15-16H,6-14H2,1-5H3. The van der Waals surface area contributed by atoms with Crippen molar-refractivity contribution in [2.24, 2.45) is 0 Å². The van der Waals surface area contributed by atoms with Crippen LogP contribution in [0.3, 0.4) is 0 Å². The monoisotopic (exact) mass is 334 g/mol. The molecule has 0 aliphatic heterocycles. The van der Waals surface area contributed by atoms with Crippen LogP contribution in [0.25, 0.3) is 0 Å². The van der Waals surface area contributed by atoms with Crippen LogP contribution in [-0.4, -0.2) is 17.8 Å². The molecular formula is C21H35OP. The molecule has 0 saturated heterocycles. The molecule has 0 saturated carbocycles. The van der Waals surface area contributed by atoms with E-state index in [0.717, 1.165) is 17.9 Å². The summed E-state index contributed by atoms with van der Waals surface area (Å²) in [6.07, 6.45) is 11.1. The van der Waals surface area contributed by atoms with Gasteiger partial charge in [0.25, 0.3) is 0 Å². The third-order valence-corrected chi connectivity index (χ3v) is 7.00. The van der Waals surface area contributed by atoms with Gasteiger partial charge in [-0.05, 0) is 65.0 Å². The molecule has 1 aromatic carbocycles. The maximum Gasteiger partial charge on any atom is 0.184 e. The minimum absolute atomic E-state index is 0.457. The average Bonchev–Trinajstić information content (AvgIpc) is 2.48. The molecule has 0 amide bonds. The van der Waals surface area contributed by atoms with Crippen molar-refractivity contribution >= 4 is 13.4 Å². The Labute approximate surface area is 145 Å². The fourth-order valence-electron chi connectivity index (χ4n) is 3.25. The number of carbonyl (C=O) groups is 1. The molecule has 0 aliphatic rings. The maximum absolute atomic E-state index is 13.2. The maximum atomic E-state index is 13.2. The zero-order valence-electron chi connectivity index (χ0n) is 15.9. The smallest absolute Gasteiger partial charge is 0.184 e. The quantitative estimate of drug-likeness (QED) is 0.314. The number of benzene rings is 1. The summed E-state index contributed by atoms with van der Waals surface area (Å²) in [6.45, 7) is 10.8. The van der Waals surface area contributed by atoms with Crippen LogP contribution in [0.4, 0.5) is 0 Å². The van der Waals surface area contributed by atoms with E-state index in [9.17, 15) is 4.79 Å². The molecule has 0 heterocycles. The fraction of sp³-hybridized carbons (Fsp3) is 0.667. The summed E-state index contributed by atoms with van der Waals surface area (Å²) in [7, 11) is -0.506. The molecule has 0 radical (unpaired) electrons. The van der Waals surface area contributed by atoms with Gasteiger partial charge in [0.15, 0.2) is 5.52 Å². The number of rotatable bonds is 11. The van der Waals surface area contributed by atoms with Crippen LogP contribution in [0.5, 0.6) is 0 Å². The van der Waals surface area contributed by atoms with Crippen molar-refractivity contribution < 1.29 is 4.79 Å². The largest absolute Gasteiger partial charge is 0.289 e. The van der Waals surface area contributed by atoms with Crippen molar-refractivity contribution in [3.8, 4) is 0 Å². The van der Waals surface area contributed by atoms with E-state index in [2.05, 4.69) is 46.8 Å². The van der Waals surface area contributed by atoms with E-state index in [1.165, 1.54) is 61.6 Å². The van der Waals surface area contributed by atoms with Gasteiger partial charge in [0, 0.05) is 5.56 Å². The van der Waals surface area contributed by atoms with Crippen molar-refractivity contribution in [1.29, 1.82) is 0 Å². The highest BCUT2D eigenvalue weighted by molar-refractivity contribution is 7.75. The van der Waals surface area contributed by atoms with Gasteiger partial charge < -0.3 is 0 Å². The second-order valence-corrected chi connectivity index (χ2v) is 9.21. The van der Waals surface area contributed by atoms with E-state index in [1.807, 2.05) is 0 Å². The van der Waals surface area contributed by atoms with Crippen molar-refractivity contribution in [2.45, 2.75) is 79.6 Å².